The molecule has 0 bridgehead atoms. The number of benzene rings is 1. The van der Waals surface area contributed by atoms with Gasteiger partial charge in [0.2, 0.25) is 10.5 Å². The predicted octanol–water partition coefficient (Wildman–Crippen LogP) is 2.62. The summed E-state index contributed by atoms with van der Waals surface area (Å²) in [5.74, 6) is -0.780. The monoisotopic (exact) mass is 480 g/mol. The van der Waals surface area contributed by atoms with Crippen molar-refractivity contribution in [3.8, 4) is 0 Å². The number of fused-ring (bicyclic) bond motifs is 2. The molecule has 0 saturated heterocycles. The highest BCUT2D eigenvalue weighted by Gasteiger charge is 2.32. The molecule has 1 aromatic carbocycles. The van der Waals surface area contributed by atoms with Crippen LogP contribution in [0.2, 0.25) is 0 Å². The summed E-state index contributed by atoms with van der Waals surface area (Å²) < 4.78 is 1.58. The van der Waals surface area contributed by atoms with E-state index in [-0.39, 0.29) is 33.4 Å². The Kier molecular flexibility index (Phi) is 6.58. The van der Waals surface area contributed by atoms with Crippen molar-refractivity contribution < 1.29 is 9.59 Å². The molecule has 3 rings (SSSR count). The largest absolute Gasteiger partial charge is 0.279 e. The van der Waals surface area contributed by atoms with Crippen molar-refractivity contribution in [1.29, 1.82) is 0 Å². The molecule has 0 amide bonds. The molecule has 8 nitrogen and oxygen atoms in total. The second-order valence-corrected chi connectivity index (χ2v) is 8.92. The molecule has 0 aliphatic carbocycles. The van der Waals surface area contributed by atoms with E-state index in [4.69, 9.17) is 23.2 Å². The Bertz CT molecular complexity index is 1260. The molecule has 0 radical (unpaired) electrons. The third-order valence-corrected chi connectivity index (χ3v) is 6.79. The number of halogens is 2. The van der Waals surface area contributed by atoms with Crippen LogP contribution in [0.15, 0.2) is 31.3 Å². The molecule has 4 atom stereocenters. The maximum atomic E-state index is 13.0. The summed E-state index contributed by atoms with van der Waals surface area (Å²) in [7, 11) is 0. The van der Waals surface area contributed by atoms with Crippen molar-refractivity contribution in [2.75, 3.05) is 0 Å². The highest BCUT2D eigenvalue weighted by atomic mass is 35.5. The van der Waals surface area contributed by atoms with Gasteiger partial charge in [0.25, 0.3) is 22.2 Å². The maximum absolute atomic E-state index is 13.0. The van der Waals surface area contributed by atoms with Crippen LogP contribution in [0.5, 0.6) is 0 Å². The van der Waals surface area contributed by atoms with Crippen molar-refractivity contribution >= 4 is 55.2 Å². The molecule has 3 aromatic rings. The minimum atomic E-state index is -1.17. The van der Waals surface area contributed by atoms with Crippen LogP contribution in [0.1, 0.15) is 52.6 Å². The molecule has 2 aromatic heterocycles. The highest BCUT2D eigenvalue weighted by molar-refractivity contribution is 6.64. The van der Waals surface area contributed by atoms with Crippen LogP contribution in [-0.2, 0) is 9.59 Å². The lowest BCUT2D eigenvalue weighted by atomic mass is 10.00. The molecule has 0 N–H and O–H groups in total. The van der Waals surface area contributed by atoms with Crippen molar-refractivity contribution in [2.24, 2.45) is 11.8 Å². The number of aromatic nitrogens is 2. The Morgan fingerprint density at radius 2 is 0.938 bits per heavy atom. The van der Waals surface area contributed by atoms with E-state index >= 15 is 0 Å². The van der Waals surface area contributed by atoms with E-state index < -0.39 is 44.8 Å². The van der Waals surface area contributed by atoms with E-state index in [1.807, 2.05) is 0 Å². The average molecular weight is 481 g/mol. The first-order valence-electron chi connectivity index (χ1n) is 10.3. The van der Waals surface area contributed by atoms with Gasteiger partial charge >= 0.3 is 0 Å². The number of hydrogen-bond acceptors (Lipinski definition) is 6. The van der Waals surface area contributed by atoms with Crippen LogP contribution in [0.25, 0.3) is 21.5 Å². The number of nitrogens with zero attached hydrogens (tertiary/aromatic N) is 2. The molecule has 0 aliphatic heterocycles. The van der Waals surface area contributed by atoms with Gasteiger partial charge in [0.05, 0.1) is 21.5 Å². The van der Waals surface area contributed by atoms with Gasteiger partial charge in [0, 0.05) is 0 Å². The van der Waals surface area contributed by atoms with Crippen LogP contribution in [0, 0.1) is 11.8 Å². The quantitative estimate of drug-likeness (QED) is 0.458. The van der Waals surface area contributed by atoms with Gasteiger partial charge in [-0.3, -0.25) is 37.9 Å². The number of rotatable bonds is 8. The van der Waals surface area contributed by atoms with Crippen LogP contribution in [0.4, 0.5) is 0 Å². The number of hydrogen-bond donors (Lipinski definition) is 0. The fourth-order valence-corrected chi connectivity index (χ4v) is 4.75. The Morgan fingerprint density at radius 1 is 0.688 bits per heavy atom. The molecule has 0 fully saturated rings. The Hall–Kier alpha value is -2.58. The van der Waals surface area contributed by atoms with Gasteiger partial charge in [0.1, 0.15) is 12.1 Å². The van der Waals surface area contributed by atoms with Gasteiger partial charge in [0.15, 0.2) is 0 Å². The summed E-state index contributed by atoms with van der Waals surface area (Å²) in [6.45, 7) is 6.97. The summed E-state index contributed by atoms with van der Waals surface area (Å²) in [5, 5.41) is -2.09. The number of carbonyl (C=O) groups is 2. The van der Waals surface area contributed by atoms with E-state index in [1.165, 1.54) is 12.1 Å². The molecule has 32 heavy (non-hydrogen) atoms. The van der Waals surface area contributed by atoms with Crippen LogP contribution >= 0.6 is 23.2 Å². The van der Waals surface area contributed by atoms with E-state index in [9.17, 15) is 28.8 Å². The maximum Gasteiger partial charge on any atom is 0.262 e. The SMILES string of the molecule is CCC(C)[C@@H](C(=O)Cl)n1c(=O)c2cc3c(=O)n([C@H](C(=O)Cl)C(C)CC)c(=O)c3cc2c1=O. The van der Waals surface area contributed by atoms with Crippen molar-refractivity contribution in [2.45, 2.75) is 52.6 Å². The van der Waals surface area contributed by atoms with E-state index in [0.717, 1.165) is 9.13 Å². The van der Waals surface area contributed by atoms with Gasteiger partial charge in [-0.05, 0) is 47.2 Å². The number of carbonyl (C=O) groups excluding carboxylic acids is 2. The lowest BCUT2D eigenvalue weighted by Gasteiger charge is -2.19. The third-order valence-electron chi connectivity index (χ3n) is 6.34. The zero-order valence-corrected chi connectivity index (χ0v) is 19.5. The van der Waals surface area contributed by atoms with Crippen molar-refractivity contribution in [1.82, 2.24) is 9.13 Å². The van der Waals surface area contributed by atoms with E-state index in [1.54, 1.807) is 27.7 Å². The lowest BCUT2D eigenvalue weighted by Crippen LogP contribution is -2.37. The first-order chi connectivity index (χ1) is 15.0. The van der Waals surface area contributed by atoms with Crippen molar-refractivity contribution in [3.63, 3.8) is 0 Å². The van der Waals surface area contributed by atoms with Gasteiger partial charge in [-0.2, -0.15) is 0 Å². The molecule has 10 heteroatoms. The van der Waals surface area contributed by atoms with Gasteiger partial charge < -0.3 is 0 Å². The van der Waals surface area contributed by atoms with Crippen LogP contribution in [0.3, 0.4) is 0 Å². The molecule has 0 aliphatic rings. The molecular formula is C22H22Cl2N2O6. The summed E-state index contributed by atoms with van der Waals surface area (Å²) in [5.41, 5.74) is -3.06. The molecule has 0 spiro atoms. The topological polar surface area (TPSA) is 112 Å². The molecular weight excluding hydrogens is 459 g/mol. The Labute approximate surface area is 192 Å². The minimum Gasteiger partial charge on any atom is -0.279 e. The normalized spacial score (nSPS) is 15.7. The Morgan fingerprint density at radius 3 is 1.12 bits per heavy atom. The Balaban J connectivity index is 2.40. The predicted molar refractivity (Wildman–Crippen MR) is 124 cm³/mol. The summed E-state index contributed by atoms with van der Waals surface area (Å²) >= 11 is 11.4. The van der Waals surface area contributed by atoms with Crippen molar-refractivity contribution in [3.05, 3.63) is 53.5 Å². The zero-order valence-electron chi connectivity index (χ0n) is 18.0. The van der Waals surface area contributed by atoms with Crippen LogP contribution in [-0.4, -0.2) is 19.6 Å². The fraction of sp³-hybridized carbons (Fsp3) is 0.455. The lowest BCUT2D eigenvalue weighted by molar-refractivity contribution is -0.116. The highest BCUT2D eigenvalue weighted by Crippen LogP contribution is 2.25. The van der Waals surface area contributed by atoms with Gasteiger partial charge in [-0.1, -0.05) is 40.5 Å². The smallest absolute Gasteiger partial charge is 0.262 e. The molecule has 2 unspecified atom stereocenters. The second-order valence-electron chi connectivity index (χ2n) is 8.17. The molecule has 2 heterocycles. The molecule has 170 valence electrons. The minimum absolute atomic E-state index is 0.0970. The third kappa shape index (κ3) is 3.55. The van der Waals surface area contributed by atoms with Crippen LogP contribution < -0.4 is 22.2 Å². The fourth-order valence-electron chi connectivity index (χ4n) is 4.12. The first-order valence-corrected chi connectivity index (χ1v) is 11.1. The standard InChI is InChI=1S/C22H22Cl2N2O6/c1-5-9(3)15(17(23)27)25-19(29)11-7-13-14(8-12(11)20(25)30)22(32)26(21(13)31)16(18(24)28)10(4)6-2/h7-10,15-16H,5-6H2,1-4H3/t9?,10?,15-,16-/m0/s1. The summed E-state index contributed by atoms with van der Waals surface area (Å²) in [6, 6.07) is -0.000677. The summed E-state index contributed by atoms with van der Waals surface area (Å²) in [6.07, 6.45) is 0.977. The first kappa shape index (κ1) is 24.1. The average Bonchev–Trinajstić information content (AvgIpc) is 3.12. The van der Waals surface area contributed by atoms with Gasteiger partial charge in [-0.15, -0.1) is 0 Å². The summed E-state index contributed by atoms with van der Waals surface area (Å²) in [4.78, 5) is 76.2. The van der Waals surface area contributed by atoms with E-state index in [2.05, 4.69) is 0 Å². The molecule has 0 saturated carbocycles. The zero-order chi connectivity index (χ0) is 24.1. The van der Waals surface area contributed by atoms with Gasteiger partial charge in [-0.25, -0.2) is 0 Å². The van der Waals surface area contributed by atoms with E-state index in [0.29, 0.717) is 12.8 Å². The second kappa shape index (κ2) is 8.75.